The summed E-state index contributed by atoms with van der Waals surface area (Å²) in [5.41, 5.74) is 12.8. The molecule has 0 amide bonds. The molecule has 0 saturated carbocycles. The summed E-state index contributed by atoms with van der Waals surface area (Å²) in [6, 6.07) is 59.2. The average Bonchev–Trinajstić information content (AvgIpc) is 3.91. The largest absolute Gasteiger partial charge is 0.456 e. The van der Waals surface area contributed by atoms with Crippen molar-refractivity contribution in [3.05, 3.63) is 176 Å². The Morgan fingerprint density at radius 2 is 1.16 bits per heavy atom. The molecule has 0 saturated heterocycles. The number of fused-ring (bicyclic) bond motifs is 11. The van der Waals surface area contributed by atoms with Gasteiger partial charge >= 0.3 is 0 Å². The number of hydrogen-bond donors (Lipinski definition) is 0. The molecule has 0 radical (unpaired) electrons. The molecule has 0 aliphatic rings. The maximum Gasteiger partial charge on any atom is 0.138 e. The second-order valence-electron chi connectivity index (χ2n) is 14.0. The molecule has 6 heteroatoms. The van der Waals surface area contributed by atoms with Crippen molar-refractivity contribution >= 4 is 76.6 Å². The van der Waals surface area contributed by atoms with Gasteiger partial charge in [-0.3, -0.25) is 9.55 Å². The SMILES string of the molecule is c1ccc(-c2ccc3ncc(-n4c5ccccc5c5ccc6c(c7ccccc7n6-c6cccc(-c7ccc8oc9ccccc9c8c7)n6)c54)cc3n2)cc1. The minimum Gasteiger partial charge on any atom is -0.456 e. The van der Waals surface area contributed by atoms with Gasteiger partial charge < -0.3 is 8.98 Å². The van der Waals surface area contributed by atoms with Gasteiger partial charge in [0.25, 0.3) is 0 Å². The van der Waals surface area contributed by atoms with Gasteiger partial charge in [-0.1, -0.05) is 97.1 Å². The van der Waals surface area contributed by atoms with Gasteiger partial charge in [-0.05, 0) is 72.8 Å². The average molecular weight is 704 g/mol. The number of nitrogens with zero attached hydrogens (tertiary/aromatic N) is 5. The van der Waals surface area contributed by atoms with Crippen LogP contribution in [-0.4, -0.2) is 24.1 Å². The van der Waals surface area contributed by atoms with E-state index in [1.165, 1.54) is 10.8 Å². The van der Waals surface area contributed by atoms with E-state index in [1.807, 2.05) is 42.6 Å². The molecule has 0 unspecified atom stereocenters. The lowest BCUT2D eigenvalue weighted by Gasteiger charge is -2.11. The smallest absolute Gasteiger partial charge is 0.138 e. The highest BCUT2D eigenvalue weighted by Gasteiger charge is 2.22. The molecule has 6 heterocycles. The van der Waals surface area contributed by atoms with Crippen molar-refractivity contribution in [1.82, 2.24) is 24.1 Å². The maximum absolute atomic E-state index is 6.13. The summed E-state index contributed by atoms with van der Waals surface area (Å²) in [5.74, 6) is 0.855. The lowest BCUT2D eigenvalue weighted by atomic mass is 10.1. The number of aromatic nitrogens is 5. The van der Waals surface area contributed by atoms with Crippen LogP contribution in [0.5, 0.6) is 0 Å². The summed E-state index contributed by atoms with van der Waals surface area (Å²) in [5, 5.41) is 6.87. The Labute approximate surface area is 314 Å². The van der Waals surface area contributed by atoms with Crippen LogP contribution in [0.2, 0.25) is 0 Å². The molecular weight excluding hydrogens is 675 g/mol. The highest BCUT2D eigenvalue weighted by Crippen LogP contribution is 2.42. The second kappa shape index (κ2) is 11.5. The molecule has 55 heavy (non-hydrogen) atoms. The monoisotopic (exact) mass is 703 g/mol. The van der Waals surface area contributed by atoms with Crippen LogP contribution < -0.4 is 0 Å². The third-order valence-corrected chi connectivity index (χ3v) is 11.0. The molecule has 6 nitrogen and oxygen atoms in total. The molecule has 12 rings (SSSR count). The standard InChI is InChI=1S/C49H29N5O/c1-2-11-30(12-3-1)39-23-24-40-41(51-39)28-32(29-50-40)53-42-17-7-4-13-33(42)35-22-25-44-48(49(35)53)36-15-5-8-18-43(36)54(44)47-20-10-16-38(52-47)31-21-26-46-37(27-31)34-14-6-9-19-45(34)55-46/h1-29H. The highest BCUT2D eigenvalue weighted by atomic mass is 16.3. The zero-order valence-electron chi connectivity index (χ0n) is 29.4. The number of pyridine rings is 3. The zero-order chi connectivity index (χ0) is 36.0. The lowest BCUT2D eigenvalue weighted by Crippen LogP contribution is -1.99. The molecule has 12 aromatic rings. The Bertz CT molecular complexity index is 3500. The van der Waals surface area contributed by atoms with Crippen LogP contribution >= 0.6 is 0 Å². The predicted molar refractivity (Wildman–Crippen MR) is 224 cm³/mol. The topological polar surface area (TPSA) is 61.7 Å². The third kappa shape index (κ3) is 4.46. The summed E-state index contributed by atoms with van der Waals surface area (Å²) in [6.45, 7) is 0. The fourth-order valence-electron chi connectivity index (χ4n) is 8.51. The molecule has 6 aromatic carbocycles. The second-order valence-corrected chi connectivity index (χ2v) is 14.0. The van der Waals surface area contributed by atoms with Gasteiger partial charge in [0, 0.05) is 43.4 Å². The fourth-order valence-corrected chi connectivity index (χ4v) is 8.51. The fraction of sp³-hybridized carbons (Fsp3) is 0. The summed E-state index contributed by atoms with van der Waals surface area (Å²) in [4.78, 5) is 15.4. The van der Waals surface area contributed by atoms with E-state index in [0.29, 0.717) is 0 Å². The van der Waals surface area contributed by atoms with E-state index in [-0.39, 0.29) is 0 Å². The van der Waals surface area contributed by atoms with E-state index in [4.69, 9.17) is 19.4 Å². The van der Waals surface area contributed by atoms with Crippen LogP contribution in [0.15, 0.2) is 180 Å². The van der Waals surface area contributed by atoms with Crippen molar-refractivity contribution in [3.63, 3.8) is 0 Å². The molecule has 0 aliphatic heterocycles. The Kier molecular flexibility index (Phi) is 6.24. The van der Waals surface area contributed by atoms with Gasteiger partial charge in [0.05, 0.1) is 56.4 Å². The first-order valence-corrected chi connectivity index (χ1v) is 18.4. The Morgan fingerprint density at radius 3 is 2.05 bits per heavy atom. The van der Waals surface area contributed by atoms with Gasteiger partial charge in [-0.2, -0.15) is 0 Å². The maximum atomic E-state index is 6.13. The molecule has 0 bridgehead atoms. The van der Waals surface area contributed by atoms with Crippen molar-refractivity contribution in [3.8, 4) is 34.0 Å². The molecule has 6 aromatic heterocycles. The minimum atomic E-state index is 0.849. The van der Waals surface area contributed by atoms with Gasteiger partial charge in [-0.15, -0.1) is 0 Å². The van der Waals surface area contributed by atoms with Crippen LogP contribution in [0.25, 0.3) is 111 Å². The van der Waals surface area contributed by atoms with Gasteiger partial charge in [-0.25, -0.2) is 9.97 Å². The molecule has 256 valence electrons. The van der Waals surface area contributed by atoms with Gasteiger partial charge in [0.1, 0.15) is 17.0 Å². The summed E-state index contributed by atoms with van der Waals surface area (Å²) in [6.07, 6.45) is 1.97. The Morgan fingerprint density at radius 1 is 0.418 bits per heavy atom. The van der Waals surface area contributed by atoms with Crippen molar-refractivity contribution in [2.24, 2.45) is 0 Å². The molecule has 0 fully saturated rings. The van der Waals surface area contributed by atoms with Crippen molar-refractivity contribution < 1.29 is 4.42 Å². The van der Waals surface area contributed by atoms with Crippen molar-refractivity contribution in [2.45, 2.75) is 0 Å². The number of benzene rings is 6. The minimum absolute atomic E-state index is 0.849. The van der Waals surface area contributed by atoms with E-state index in [0.717, 1.165) is 99.8 Å². The molecule has 0 atom stereocenters. The Hall–Kier alpha value is -7.57. The van der Waals surface area contributed by atoms with Crippen LogP contribution in [0, 0.1) is 0 Å². The van der Waals surface area contributed by atoms with Gasteiger partial charge in [0.15, 0.2) is 0 Å². The Balaban J connectivity index is 1.10. The van der Waals surface area contributed by atoms with Crippen LogP contribution in [-0.2, 0) is 0 Å². The first-order valence-electron chi connectivity index (χ1n) is 18.4. The molecule has 0 aliphatic carbocycles. The first-order chi connectivity index (χ1) is 27.3. The first kappa shape index (κ1) is 29.9. The van der Waals surface area contributed by atoms with Crippen molar-refractivity contribution in [1.29, 1.82) is 0 Å². The van der Waals surface area contributed by atoms with E-state index >= 15 is 0 Å². The van der Waals surface area contributed by atoms with E-state index in [2.05, 4.69) is 143 Å². The molecule has 0 spiro atoms. The summed E-state index contributed by atoms with van der Waals surface area (Å²) < 4.78 is 10.8. The van der Waals surface area contributed by atoms with Gasteiger partial charge in [0.2, 0.25) is 0 Å². The molecular formula is C49H29N5O. The van der Waals surface area contributed by atoms with E-state index < -0.39 is 0 Å². The summed E-state index contributed by atoms with van der Waals surface area (Å²) >= 11 is 0. The quantitative estimate of drug-likeness (QED) is 0.183. The number of furan rings is 1. The normalized spacial score (nSPS) is 12.0. The van der Waals surface area contributed by atoms with Crippen molar-refractivity contribution in [2.75, 3.05) is 0 Å². The number of para-hydroxylation sites is 3. The zero-order valence-corrected chi connectivity index (χ0v) is 29.4. The predicted octanol–water partition coefficient (Wildman–Crippen LogP) is 12.5. The van der Waals surface area contributed by atoms with Crippen LogP contribution in [0.1, 0.15) is 0 Å². The van der Waals surface area contributed by atoms with Crippen LogP contribution in [0.4, 0.5) is 0 Å². The van der Waals surface area contributed by atoms with Crippen LogP contribution in [0.3, 0.4) is 0 Å². The lowest BCUT2D eigenvalue weighted by molar-refractivity contribution is 0.669. The molecule has 0 N–H and O–H groups in total. The summed E-state index contributed by atoms with van der Waals surface area (Å²) in [7, 11) is 0. The highest BCUT2D eigenvalue weighted by molar-refractivity contribution is 6.26. The number of rotatable bonds is 4. The van der Waals surface area contributed by atoms with E-state index in [1.54, 1.807) is 0 Å². The third-order valence-electron chi connectivity index (χ3n) is 11.0. The number of hydrogen-bond acceptors (Lipinski definition) is 4. The van der Waals surface area contributed by atoms with E-state index in [9.17, 15) is 0 Å².